The minimum atomic E-state index is -0.167. The predicted octanol–water partition coefficient (Wildman–Crippen LogP) is 1.23. The smallest absolute Gasteiger partial charge is 0.225 e. The Hall–Kier alpha value is -0.610. The lowest BCUT2D eigenvalue weighted by Crippen LogP contribution is -2.54. The highest BCUT2D eigenvalue weighted by Crippen LogP contribution is 2.28. The van der Waals surface area contributed by atoms with E-state index in [0.717, 1.165) is 57.9 Å². The Kier molecular flexibility index (Phi) is 4.08. The van der Waals surface area contributed by atoms with E-state index >= 15 is 0 Å². The van der Waals surface area contributed by atoms with E-state index in [2.05, 4.69) is 9.80 Å². The first kappa shape index (κ1) is 13.4. The van der Waals surface area contributed by atoms with Gasteiger partial charge in [0.05, 0.1) is 6.10 Å². The molecule has 0 atom stereocenters. The van der Waals surface area contributed by atoms with Crippen LogP contribution >= 0.6 is 0 Å². The maximum atomic E-state index is 12.4. The Bertz CT molecular complexity index is 314. The molecule has 1 saturated heterocycles. The molecule has 0 bridgehead atoms. The molecule has 1 amide bonds. The first-order chi connectivity index (χ1) is 9.24. The fraction of sp³-hybridized carbons (Fsp3) is 0.933. The zero-order chi connectivity index (χ0) is 13.2. The number of nitrogens with zero attached hydrogens (tertiary/aromatic N) is 2. The third-order valence-electron chi connectivity index (χ3n) is 5.26. The summed E-state index contributed by atoms with van der Waals surface area (Å²) < 4.78 is 0. The normalized spacial score (nSPS) is 34.1. The van der Waals surface area contributed by atoms with Crippen LogP contribution in [0.1, 0.15) is 44.9 Å². The molecule has 0 aromatic rings. The summed E-state index contributed by atoms with van der Waals surface area (Å²) in [7, 11) is 0. The molecule has 3 fully saturated rings. The molecular formula is C15H26N2O2. The topological polar surface area (TPSA) is 43.8 Å². The van der Waals surface area contributed by atoms with E-state index in [-0.39, 0.29) is 12.0 Å². The van der Waals surface area contributed by atoms with Crippen LogP contribution in [-0.2, 0) is 4.79 Å². The van der Waals surface area contributed by atoms with Crippen molar-refractivity contribution >= 4 is 5.91 Å². The van der Waals surface area contributed by atoms with Crippen LogP contribution in [0.5, 0.6) is 0 Å². The fourth-order valence-electron chi connectivity index (χ4n) is 3.64. The van der Waals surface area contributed by atoms with Crippen molar-refractivity contribution < 1.29 is 9.90 Å². The van der Waals surface area contributed by atoms with Crippen LogP contribution in [-0.4, -0.2) is 59.1 Å². The highest BCUT2D eigenvalue weighted by atomic mass is 16.3. The largest absolute Gasteiger partial charge is 0.393 e. The third-order valence-corrected chi connectivity index (χ3v) is 5.26. The maximum absolute atomic E-state index is 12.4. The van der Waals surface area contributed by atoms with Gasteiger partial charge in [-0.2, -0.15) is 0 Å². The molecule has 0 aromatic carbocycles. The van der Waals surface area contributed by atoms with Crippen LogP contribution in [0.2, 0.25) is 0 Å². The van der Waals surface area contributed by atoms with Gasteiger partial charge in [0.15, 0.2) is 0 Å². The molecule has 2 aliphatic carbocycles. The van der Waals surface area contributed by atoms with Gasteiger partial charge in [-0.25, -0.2) is 0 Å². The molecule has 1 N–H and O–H groups in total. The zero-order valence-electron chi connectivity index (χ0n) is 11.8. The minimum absolute atomic E-state index is 0.167. The number of hydrogen-bond acceptors (Lipinski definition) is 3. The quantitative estimate of drug-likeness (QED) is 0.817. The van der Waals surface area contributed by atoms with Crippen molar-refractivity contribution in [3.8, 4) is 0 Å². The third kappa shape index (κ3) is 2.95. The van der Waals surface area contributed by atoms with E-state index in [1.165, 1.54) is 19.3 Å². The highest BCUT2D eigenvalue weighted by Gasteiger charge is 2.33. The van der Waals surface area contributed by atoms with Gasteiger partial charge in [-0.15, -0.1) is 0 Å². The van der Waals surface area contributed by atoms with Crippen molar-refractivity contribution in [3.63, 3.8) is 0 Å². The van der Waals surface area contributed by atoms with E-state index in [1.54, 1.807) is 0 Å². The molecule has 1 aliphatic heterocycles. The Morgan fingerprint density at radius 2 is 1.53 bits per heavy atom. The van der Waals surface area contributed by atoms with Gasteiger partial charge in [-0.3, -0.25) is 9.69 Å². The Balaban J connectivity index is 1.46. The molecule has 3 rings (SSSR count). The number of carbonyl (C=O) groups excluding carboxylic acids is 1. The second-order valence-electron chi connectivity index (χ2n) is 6.45. The van der Waals surface area contributed by atoms with Gasteiger partial charge in [0.1, 0.15) is 0 Å². The monoisotopic (exact) mass is 266 g/mol. The lowest BCUT2D eigenvalue weighted by atomic mass is 9.86. The van der Waals surface area contributed by atoms with Gasteiger partial charge in [0, 0.05) is 38.1 Å². The first-order valence-corrected chi connectivity index (χ1v) is 7.95. The fourth-order valence-corrected chi connectivity index (χ4v) is 3.64. The number of aliphatic hydroxyl groups excluding tert-OH is 1. The van der Waals surface area contributed by atoms with Crippen molar-refractivity contribution in [1.82, 2.24) is 9.80 Å². The van der Waals surface area contributed by atoms with Gasteiger partial charge in [0.25, 0.3) is 0 Å². The van der Waals surface area contributed by atoms with Crippen LogP contribution in [0.3, 0.4) is 0 Å². The summed E-state index contributed by atoms with van der Waals surface area (Å²) in [5, 5.41) is 9.52. The van der Waals surface area contributed by atoms with Gasteiger partial charge in [0.2, 0.25) is 5.91 Å². The molecule has 3 aliphatic rings. The number of amides is 1. The zero-order valence-corrected chi connectivity index (χ0v) is 11.8. The summed E-state index contributed by atoms with van der Waals surface area (Å²) in [6.45, 7) is 3.94. The van der Waals surface area contributed by atoms with Crippen molar-refractivity contribution in [2.45, 2.75) is 57.1 Å². The van der Waals surface area contributed by atoms with Gasteiger partial charge in [-0.05, 0) is 38.5 Å². The van der Waals surface area contributed by atoms with Crippen molar-refractivity contribution in [2.24, 2.45) is 5.92 Å². The summed E-state index contributed by atoms with van der Waals surface area (Å²) in [5.74, 6) is 0.527. The number of aliphatic hydroxyl groups is 1. The standard InChI is InChI=1S/C15H26N2O2/c18-14-6-4-12(5-7-14)15(19)17-10-8-16(9-11-17)13-2-1-3-13/h12-14,18H,1-11H2/t12-,14-. The lowest BCUT2D eigenvalue weighted by molar-refractivity contribution is -0.139. The summed E-state index contributed by atoms with van der Waals surface area (Å²) in [5.41, 5.74) is 0. The Morgan fingerprint density at radius 1 is 0.895 bits per heavy atom. The average Bonchev–Trinajstić information content (AvgIpc) is 2.38. The van der Waals surface area contributed by atoms with E-state index < -0.39 is 0 Å². The Labute approximate surface area is 115 Å². The molecule has 0 radical (unpaired) electrons. The van der Waals surface area contributed by atoms with Crippen LogP contribution in [0, 0.1) is 5.92 Å². The van der Waals surface area contributed by atoms with Gasteiger partial charge in [-0.1, -0.05) is 6.42 Å². The van der Waals surface area contributed by atoms with Crippen molar-refractivity contribution in [3.05, 3.63) is 0 Å². The number of piperazine rings is 1. The van der Waals surface area contributed by atoms with E-state index in [1.807, 2.05) is 0 Å². The van der Waals surface area contributed by atoms with Gasteiger partial charge >= 0.3 is 0 Å². The van der Waals surface area contributed by atoms with E-state index in [9.17, 15) is 9.90 Å². The van der Waals surface area contributed by atoms with Crippen LogP contribution < -0.4 is 0 Å². The molecule has 0 unspecified atom stereocenters. The van der Waals surface area contributed by atoms with E-state index in [4.69, 9.17) is 0 Å². The summed E-state index contributed by atoms with van der Waals surface area (Å²) >= 11 is 0. The number of carbonyl (C=O) groups is 1. The molecule has 4 heteroatoms. The molecule has 0 spiro atoms. The van der Waals surface area contributed by atoms with E-state index in [0.29, 0.717) is 5.91 Å². The molecule has 4 nitrogen and oxygen atoms in total. The molecule has 19 heavy (non-hydrogen) atoms. The van der Waals surface area contributed by atoms with Crippen molar-refractivity contribution in [1.29, 1.82) is 0 Å². The Morgan fingerprint density at radius 3 is 2.05 bits per heavy atom. The maximum Gasteiger partial charge on any atom is 0.225 e. The second-order valence-corrected chi connectivity index (χ2v) is 6.45. The predicted molar refractivity (Wildman–Crippen MR) is 73.8 cm³/mol. The molecule has 108 valence electrons. The second kappa shape index (κ2) is 5.80. The molecule has 0 aromatic heterocycles. The van der Waals surface area contributed by atoms with Crippen LogP contribution in [0.15, 0.2) is 0 Å². The molecule has 1 heterocycles. The van der Waals surface area contributed by atoms with Crippen molar-refractivity contribution in [2.75, 3.05) is 26.2 Å². The minimum Gasteiger partial charge on any atom is -0.393 e. The summed E-state index contributed by atoms with van der Waals surface area (Å²) in [6.07, 6.45) is 7.29. The van der Waals surface area contributed by atoms with Crippen LogP contribution in [0.4, 0.5) is 0 Å². The highest BCUT2D eigenvalue weighted by molar-refractivity contribution is 5.79. The summed E-state index contributed by atoms with van der Waals surface area (Å²) in [6, 6.07) is 0.807. The van der Waals surface area contributed by atoms with Gasteiger partial charge < -0.3 is 10.0 Å². The molecule has 2 saturated carbocycles. The number of rotatable bonds is 2. The van der Waals surface area contributed by atoms with Crippen LogP contribution in [0.25, 0.3) is 0 Å². The summed E-state index contributed by atoms with van der Waals surface area (Å²) in [4.78, 5) is 17.1. The molecular weight excluding hydrogens is 240 g/mol. The average molecular weight is 266 g/mol. The lowest BCUT2D eigenvalue weighted by Gasteiger charge is -2.43. The SMILES string of the molecule is O=C([C@H]1CC[C@H](O)CC1)N1CCN(C2CCC2)CC1. The first-order valence-electron chi connectivity index (χ1n) is 7.95. The number of hydrogen-bond donors (Lipinski definition) is 1.